The smallest absolute Gasteiger partial charge is 0.111 e. The van der Waals surface area contributed by atoms with Gasteiger partial charge in [-0.05, 0) is 36.8 Å². The SMILES string of the molecule is Cc1ccc(S[C@@H]2OC(CO)[C@H](C)[C@H](C)C2C)cc1. The summed E-state index contributed by atoms with van der Waals surface area (Å²) in [4.78, 5) is 1.24. The number of rotatable bonds is 3. The zero-order chi connectivity index (χ0) is 14.0. The topological polar surface area (TPSA) is 29.5 Å². The molecule has 19 heavy (non-hydrogen) atoms. The van der Waals surface area contributed by atoms with Crippen molar-refractivity contribution in [2.24, 2.45) is 17.8 Å². The lowest BCUT2D eigenvalue weighted by molar-refractivity contribution is -0.112. The van der Waals surface area contributed by atoms with Gasteiger partial charge < -0.3 is 9.84 Å². The maximum absolute atomic E-state index is 9.45. The Morgan fingerprint density at radius 1 is 1.05 bits per heavy atom. The Kier molecular flexibility index (Phi) is 4.93. The number of ether oxygens (including phenoxy) is 1. The van der Waals surface area contributed by atoms with E-state index in [0.29, 0.717) is 17.8 Å². The summed E-state index contributed by atoms with van der Waals surface area (Å²) >= 11 is 1.77. The summed E-state index contributed by atoms with van der Waals surface area (Å²) in [7, 11) is 0. The lowest BCUT2D eigenvalue weighted by Crippen LogP contribution is -2.44. The Hall–Kier alpha value is -0.510. The van der Waals surface area contributed by atoms with Crippen molar-refractivity contribution >= 4 is 11.8 Å². The van der Waals surface area contributed by atoms with Gasteiger partial charge in [-0.15, -0.1) is 0 Å². The third-order valence-electron chi connectivity index (χ3n) is 4.44. The van der Waals surface area contributed by atoms with Gasteiger partial charge in [0.2, 0.25) is 0 Å². The average molecular weight is 280 g/mol. The van der Waals surface area contributed by atoms with Crippen molar-refractivity contribution in [3.05, 3.63) is 29.8 Å². The number of thioether (sulfide) groups is 1. The standard InChI is InChI=1S/C16H24O2S/c1-10-5-7-14(8-6-10)19-16-13(4)11(2)12(3)15(9-17)18-16/h5-8,11-13,15-17H,9H2,1-4H3/t11-,12+,13?,15?,16-/m0/s1. The van der Waals surface area contributed by atoms with Gasteiger partial charge in [0.15, 0.2) is 0 Å². The largest absolute Gasteiger partial charge is 0.394 e. The van der Waals surface area contributed by atoms with E-state index in [4.69, 9.17) is 4.74 Å². The number of aliphatic hydroxyl groups is 1. The van der Waals surface area contributed by atoms with Gasteiger partial charge in [-0.3, -0.25) is 0 Å². The van der Waals surface area contributed by atoms with Gasteiger partial charge in [0, 0.05) is 4.90 Å². The van der Waals surface area contributed by atoms with Crippen LogP contribution in [0.25, 0.3) is 0 Å². The molecule has 0 spiro atoms. The summed E-state index contributed by atoms with van der Waals surface area (Å²) in [5.74, 6) is 1.47. The van der Waals surface area contributed by atoms with Crippen LogP contribution in [0, 0.1) is 24.7 Å². The molecule has 1 aliphatic rings. The molecule has 1 heterocycles. The van der Waals surface area contributed by atoms with Gasteiger partial charge in [0.05, 0.1) is 12.7 Å². The summed E-state index contributed by atoms with van der Waals surface area (Å²) in [6.45, 7) is 8.90. The first-order chi connectivity index (χ1) is 9.02. The lowest BCUT2D eigenvalue weighted by atomic mass is 9.80. The first-order valence-corrected chi connectivity index (χ1v) is 7.90. The molecule has 0 aromatic heterocycles. The normalized spacial score (nSPS) is 35.3. The van der Waals surface area contributed by atoms with Gasteiger partial charge in [0.25, 0.3) is 0 Å². The predicted molar refractivity (Wildman–Crippen MR) is 80.3 cm³/mol. The highest BCUT2D eigenvalue weighted by Gasteiger charge is 2.39. The number of aryl methyl sites for hydroxylation is 1. The van der Waals surface area contributed by atoms with Crippen molar-refractivity contribution in [1.82, 2.24) is 0 Å². The van der Waals surface area contributed by atoms with Crippen LogP contribution in [0.5, 0.6) is 0 Å². The first-order valence-electron chi connectivity index (χ1n) is 7.02. The highest BCUT2D eigenvalue weighted by molar-refractivity contribution is 7.99. The van der Waals surface area contributed by atoms with Gasteiger partial charge in [-0.1, -0.05) is 50.2 Å². The van der Waals surface area contributed by atoms with Gasteiger partial charge in [0.1, 0.15) is 5.44 Å². The van der Waals surface area contributed by atoms with E-state index in [-0.39, 0.29) is 18.1 Å². The first kappa shape index (κ1) is 14.9. The van der Waals surface area contributed by atoms with Crippen LogP contribution in [-0.2, 0) is 4.74 Å². The number of benzene rings is 1. The molecule has 0 aliphatic carbocycles. The molecule has 0 radical (unpaired) electrons. The van der Waals surface area contributed by atoms with Crippen molar-refractivity contribution in [2.45, 2.75) is 44.1 Å². The summed E-state index contributed by atoms with van der Waals surface area (Å²) in [6, 6.07) is 8.55. The van der Waals surface area contributed by atoms with Crippen LogP contribution in [0.15, 0.2) is 29.2 Å². The molecule has 3 heteroatoms. The molecule has 5 atom stereocenters. The second-order valence-corrected chi connectivity index (χ2v) is 6.91. The Morgan fingerprint density at radius 2 is 1.68 bits per heavy atom. The van der Waals surface area contributed by atoms with E-state index in [0.717, 1.165) is 0 Å². The summed E-state index contributed by atoms with van der Waals surface area (Å²) in [5.41, 5.74) is 1.41. The minimum atomic E-state index is -0.0332. The van der Waals surface area contributed by atoms with Crippen molar-refractivity contribution in [1.29, 1.82) is 0 Å². The van der Waals surface area contributed by atoms with Crippen LogP contribution in [0.3, 0.4) is 0 Å². The van der Waals surface area contributed by atoms with Gasteiger partial charge >= 0.3 is 0 Å². The molecule has 1 aromatic rings. The second-order valence-electron chi connectivity index (χ2n) is 5.73. The zero-order valence-electron chi connectivity index (χ0n) is 12.2. The molecule has 1 N–H and O–H groups in total. The van der Waals surface area contributed by atoms with Crippen LogP contribution in [0.1, 0.15) is 26.3 Å². The molecular formula is C16H24O2S. The minimum absolute atomic E-state index is 0.0332. The highest BCUT2D eigenvalue weighted by atomic mass is 32.2. The molecule has 0 amide bonds. The van der Waals surface area contributed by atoms with Gasteiger partial charge in [-0.25, -0.2) is 0 Å². The molecule has 1 fully saturated rings. The molecule has 1 aromatic carbocycles. The molecule has 0 saturated carbocycles. The molecule has 1 aliphatic heterocycles. The van der Waals surface area contributed by atoms with Crippen molar-refractivity contribution in [3.63, 3.8) is 0 Å². The molecule has 1 saturated heterocycles. The summed E-state index contributed by atoms with van der Waals surface area (Å²) < 4.78 is 6.08. The number of aliphatic hydroxyl groups excluding tert-OH is 1. The van der Waals surface area contributed by atoms with Crippen LogP contribution >= 0.6 is 11.8 Å². The molecule has 0 bridgehead atoms. The highest BCUT2D eigenvalue weighted by Crippen LogP contribution is 2.41. The van der Waals surface area contributed by atoms with Crippen molar-refractivity contribution in [2.75, 3.05) is 6.61 Å². The molecule has 2 rings (SSSR count). The van der Waals surface area contributed by atoms with E-state index in [9.17, 15) is 5.11 Å². The predicted octanol–water partition coefficient (Wildman–Crippen LogP) is 3.71. The van der Waals surface area contributed by atoms with E-state index in [1.54, 1.807) is 11.8 Å². The number of hydrogen-bond acceptors (Lipinski definition) is 3. The fourth-order valence-electron chi connectivity index (χ4n) is 2.58. The minimum Gasteiger partial charge on any atom is -0.394 e. The monoisotopic (exact) mass is 280 g/mol. The summed E-state index contributed by atoms with van der Waals surface area (Å²) in [6.07, 6.45) is -0.0332. The molecule has 2 nitrogen and oxygen atoms in total. The van der Waals surface area contributed by atoms with Crippen LogP contribution in [0.4, 0.5) is 0 Å². The fraction of sp³-hybridized carbons (Fsp3) is 0.625. The Labute approximate surface area is 120 Å². The summed E-state index contributed by atoms with van der Waals surface area (Å²) in [5, 5.41) is 9.45. The van der Waals surface area contributed by atoms with E-state index >= 15 is 0 Å². The lowest BCUT2D eigenvalue weighted by Gasteiger charge is -2.42. The third-order valence-corrected chi connectivity index (χ3v) is 5.75. The van der Waals surface area contributed by atoms with E-state index in [2.05, 4.69) is 52.0 Å². The zero-order valence-corrected chi connectivity index (χ0v) is 13.0. The Balaban J connectivity index is 2.08. The number of hydrogen-bond donors (Lipinski definition) is 1. The van der Waals surface area contributed by atoms with E-state index < -0.39 is 0 Å². The second kappa shape index (κ2) is 6.29. The van der Waals surface area contributed by atoms with Crippen LogP contribution in [-0.4, -0.2) is 23.3 Å². The maximum Gasteiger partial charge on any atom is 0.111 e. The third kappa shape index (κ3) is 3.33. The molecule has 106 valence electrons. The maximum atomic E-state index is 9.45. The van der Waals surface area contributed by atoms with Crippen molar-refractivity contribution < 1.29 is 9.84 Å². The molecular weight excluding hydrogens is 256 g/mol. The fourth-order valence-corrected chi connectivity index (χ4v) is 3.80. The molecule has 2 unspecified atom stereocenters. The van der Waals surface area contributed by atoms with E-state index in [1.165, 1.54) is 10.5 Å². The van der Waals surface area contributed by atoms with E-state index in [1.807, 2.05) is 0 Å². The Bertz CT molecular complexity index is 402. The average Bonchev–Trinajstić information content (AvgIpc) is 2.42. The Morgan fingerprint density at radius 3 is 2.26 bits per heavy atom. The van der Waals surface area contributed by atoms with Crippen molar-refractivity contribution in [3.8, 4) is 0 Å². The van der Waals surface area contributed by atoms with Crippen LogP contribution < -0.4 is 0 Å². The van der Waals surface area contributed by atoms with Gasteiger partial charge in [-0.2, -0.15) is 0 Å². The van der Waals surface area contributed by atoms with Crippen LogP contribution in [0.2, 0.25) is 0 Å². The quantitative estimate of drug-likeness (QED) is 0.915.